The molecule has 0 atom stereocenters. The minimum atomic E-state index is -0.504. The van der Waals surface area contributed by atoms with Crippen LogP contribution in [0.3, 0.4) is 0 Å². The van der Waals surface area contributed by atoms with Gasteiger partial charge in [-0.2, -0.15) is 0 Å². The summed E-state index contributed by atoms with van der Waals surface area (Å²) >= 11 is 0. The molecule has 0 saturated carbocycles. The van der Waals surface area contributed by atoms with E-state index in [0.717, 1.165) is 27.5 Å². The third-order valence-corrected chi connectivity index (χ3v) is 4.98. The van der Waals surface area contributed by atoms with Gasteiger partial charge < -0.3 is 16.0 Å². The summed E-state index contributed by atoms with van der Waals surface area (Å²) in [6.07, 6.45) is 5.21. The number of primary amides is 1. The number of carbonyl (C=O) groups is 3. The van der Waals surface area contributed by atoms with Crippen LogP contribution in [0.4, 0.5) is 10.6 Å². The molecule has 0 radical (unpaired) electrons. The number of anilines is 1. The predicted molar refractivity (Wildman–Crippen MR) is 123 cm³/mol. The van der Waals surface area contributed by atoms with Crippen LogP contribution in [0.5, 0.6) is 0 Å². The van der Waals surface area contributed by atoms with Crippen LogP contribution in [0.2, 0.25) is 0 Å². The van der Waals surface area contributed by atoms with E-state index in [1.807, 2.05) is 37.3 Å². The number of nitrogens with zero attached hydrogens (tertiary/aromatic N) is 3. The third kappa shape index (κ3) is 5.57. The van der Waals surface area contributed by atoms with Crippen molar-refractivity contribution in [3.63, 3.8) is 0 Å². The smallest absolute Gasteiger partial charge is 0.320 e. The maximum absolute atomic E-state index is 12.4. The van der Waals surface area contributed by atoms with Gasteiger partial charge in [0.05, 0.1) is 0 Å². The van der Waals surface area contributed by atoms with Gasteiger partial charge >= 0.3 is 6.03 Å². The molecule has 4 amide bonds. The number of rotatable bonds is 8. The molecule has 0 aliphatic rings. The average Bonchev–Trinajstić information content (AvgIpc) is 2.78. The first kappa shape index (κ1) is 22.7. The van der Waals surface area contributed by atoms with Gasteiger partial charge in [0.25, 0.3) is 0 Å². The normalized spacial score (nSPS) is 10.6. The molecular formula is C23H26N6O3. The fourth-order valence-electron chi connectivity index (χ4n) is 3.37. The van der Waals surface area contributed by atoms with Crippen LogP contribution in [-0.4, -0.2) is 46.3 Å². The Hall–Kier alpha value is -4.01. The fraction of sp³-hybridized carbons (Fsp3) is 0.261. The van der Waals surface area contributed by atoms with Crippen molar-refractivity contribution in [2.24, 2.45) is 5.73 Å². The zero-order chi connectivity index (χ0) is 23.1. The SMILES string of the molecule is CCNC(=O)Nc1cc2c(-c3ccncc3)ccc(CN(C)C(=O)CCC(N)=O)c2cn1. The molecule has 0 unspecified atom stereocenters. The Kier molecular flexibility index (Phi) is 7.33. The van der Waals surface area contributed by atoms with Crippen LogP contribution in [0.1, 0.15) is 25.3 Å². The van der Waals surface area contributed by atoms with Crippen molar-refractivity contribution in [1.82, 2.24) is 20.2 Å². The number of hydrogen-bond acceptors (Lipinski definition) is 5. The van der Waals surface area contributed by atoms with Gasteiger partial charge in [0, 0.05) is 57.0 Å². The minimum Gasteiger partial charge on any atom is -0.370 e. The van der Waals surface area contributed by atoms with Crippen molar-refractivity contribution in [2.75, 3.05) is 18.9 Å². The predicted octanol–water partition coefficient (Wildman–Crippen LogP) is 2.66. The highest BCUT2D eigenvalue weighted by Gasteiger charge is 2.15. The van der Waals surface area contributed by atoms with Gasteiger partial charge in [-0.3, -0.25) is 19.9 Å². The summed E-state index contributed by atoms with van der Waals surface area (Å²) in [5, 5.41) is 7.16. The number of amides is 4. The van der Waals surface area contributed by atoms with E-state index in [0.29, 0.717) is 18.9 Å². The molecule has 4 N–H and O–H groups in total. The maximum atomic E-state index is 12.4. The lowest BCUT2D eigenvalue weighted by Crippen LogP contribution is -2.28. The molecule has 0 spiro atoms. The molecule has 9 heteroatoms. The zero-order valence-corrected chi connectivity index (χ0v) is 18.1. The van der Waals surface area contributed by atoms with Crippen LogP contribution in [0.15, 0.2) is 48.9 Å². The van der Waals surface area contributed by atoms with Crippen molar-refractivity contribution in [3.05, 3.63) is 54.5 Å². The van der Waals surface area contributed by atoms with Crippen LogP contribution >= 0.6 is 0 Å². The van der Waals surface area contributed by atoms with Gasteiger partial charge in [-0.25, -0.2) is 9.78 Å². The quantitative estimate of drug-likeness (QED) is 0.502. The summed E-state index contributed by atoms with van der Waals surface area (Å²) < 4.78 is 0. The number of nitrogens with one attached hydrogen (secondary N) is 2. The second kappa shape index (κ2) is 10.3. The van der Waals surface area contributed by atoms with Crippen molar-refractivity contribution in [2.45, 2.75) is 26.3 Å². The van der Waals surface area contributed by atoms with Gasteiger partial charge in [0.1, 0.15) is 5.82 Å². The lowest BCUT2D eigenvalue weighted by Gasteiger charge is -2.19. The summed E-state index contributed by atoms with van der Waals surface area (Å²) in [4.78, 5) is 45.3. The number of benzene rings is 1. The number of aromatic nitrogens is 2. The Balaban J connectivity index is 1.99. The highest BCUT2D eigenvalue weighted by atomic mass is 16.2. The molecule has 0 aliphatic carbocycles. The molecule has 166 valence electrons. The van der Waals surface area contributed by atoms with Gasteiger partial charge in [-0.05, 0) is 47.2 Å². The molecule has 3 rings (SSSR count). The van der Waals surface area contributed by atoms with Crippen LogP contribution < -0.4 is 16.4 Å². The van der Waals surface area contributed by atoms with Crippen LogP contribution in [0.25, 0.3) is 21.9 Å². The lowest BCUT2D eigenvalue weighted by atomic mass is 9.96. The van der Waals surface area contributed by atoms with Gasteiger partial charge in [0.15, 0.2) is 0 Å². The molecule has 9 nitrogen and oxygen atoms in total. The largest absolute Gasteiger partial charge is 0.370 e. The summed E-state index contributed by atoms with van der Waals surface area (Å²) in [5.74, 6) is -0.255. The number of fused-ring (bicyclic) bond motifs is 1. The lowest BCUT2D eigenvalue weighted by molar-refractivity contribution is -0.132. The number of urea groups is 1. The van der Waals surface area contributed by atoms with Crippen molar-refractivity contribution in [1.29, 1.82) is 0 Å². The summed E-state index contributed by atoms with van der Waals surface area (Å²) in [5.41, 5.74) is 7.97. The first-order valence-electron chi connectivity index (χ1n) is 10.3. The van der Waals surface area contributed by atoms with Crippen LogP contribution in [-0.2, 0) is 16.1 Å². The molecule has 1 aromatic carbocycles. The molecule has 0 fully saturated rings. The standard InChI is InChI=1S/C23H26N6O3/c1-3-26-23(32)28-21-12-18-17(15-8-10-25-11-9-15)5-4-16(19(18)13-27-21)14-29(2)22(31)7-6-20(24)30/h4-5,8-13H,3,6-7,14H2,1-2H3,(H2,24,30)(H2,26,27,28,32). The molecule has 32 heavy (non-hydrogen) atoms. The molecule has 0 saturated heterocycles. The topological polar surface area (TPSA) is 130 Å². The van der Waals surface area contributed by atoms with E-state index in [-0.39, 0.29) is 24.8 Å². The van der Waals surface area contributed by atoms with E-state index in [1.54, 1.807) is 30.5 Å². The Morgan fingerprint density at radius 3 is 2.50 bits per heavy atom. The molecule has 2 heterocycles. The van der Waals surface area contributed by atoms with Crippen molar-refractivity contribution < 1.29 is 14.4 Å². The molecule has 0 bridgehead atoms. The zero-order valence-electron chi connectivity index (χ0n) is 18.1. The average molecular weight is 435 g/mol. The van der Waals surface area contributed by atoms with Gasteiger partial charge in [-0.1, -0.05) is 12.1 Å². The Morgan fingerprint density at radius 1 is 1.06 bits per heavy atom. The summed E-state index contributed by atoms with van der Waals surface area (Å²) in [7, 11) is 1.68. The molecule has 2 aromatic heterocycles. The van der Waals surface area contributed by atoms with Crippen molar-refractivity contribution >= 4 is 34.4 Å². The van der Waals surface area contributed by atoms with E-state index in [1.165, 1.54) is 0 Å². The number of nitrogens with two attached hydrogens (primary N) is 1. The molecule has 3 aromatic rings. The number of hydrogen-bond donors (Lipinski definition) is 3. The Labute approximate surface area is 186 Å². The number of pyridine rings is 2. The van der Waals surface area contributed by atoms with E-state index in [2.05, 4.69) is 20.6 Å². The minimum absolute atomic E-state index is 0.0152. The first-order chi connectivity index (χ1) is 15.4. The van der Waals surface area contributed by atoms with E-state index >= 15 is 0 Å². The second-order valence-corrected chi connectivity index (χ2v) is 7.32. The molecular weight excluding hydrogens is 408 g/mol. The highest BCUT2D eigenvalue weighted by molar-refractivity contribution is 6.01. The van der Waals surface area contributed by atoms with Crippen LogP contribution in [0, 0.1) is 0 Å². The second-order valence-electron chi connectivity index (χ2n) is 7.32. The third-order valence-electron chi connectivity index (χ3n) is 4.98. The Bertz CT molecular complexity index is 1130. The maximum Gasteiger partial charge on any atom is 0.320 e. The number of carbonyl (C=O) groups excluding carboxylic acids is 3. The van der Waals surface area contributed by atoms with Gasteiger partial charge in [-0.15, -0.1) is 0 Å². The fourth-order valence-corrected chi connectivity index (χ4v) is 3.37. The van der Waals surface area contributed by atoms with E-state index in [9.17, 15) is 14.4 Å². The molecule has 0 aliphatic heterocycles. The summed E-state index contributed by atoms with van der Waals surface area (Å²) in [6, 6.07) is 9.23. The first-order valence-corrected chi connectivity index (χ1v) is 10.3. The van der Waals surface area contributed by atoms with Crippen molar-refractivity contribution in [3.8, 4) is 11.1 Å². The van der Waals surface area contributed by atoms with Gasteiger partial charge in [0.2, 0.25) is 11.8 Å². The monoisotopic (exact) mass is 434 g/mol. The Morgan fingerprint density at radius 2 is 1.81 bits per heavy atom. The van der Waals surface area contributed by atoms with E-state index in [4.69, 9.17) is 5.73 Å². The van der Waals surface area contributed by atoms with E-state index < -0.39 is 5.91 Å². The highest BCUT2D eigenvalue weighted by Crippen LogP contribution is 2.32. The summed E-state index contributed by atoms with van der Waals surface area (Å²) in [6.45, 7) is 2.68.